The van der Waals surface area contributed by atoms with E-state index in [9.17, 15) is 0 Å². The van der Waals surface area contributed by atoms with E-state index in [1.54, 1.807) is 0 Å². The van der Waals surface area contributed by atoms with Crippen LogP contribution in [0.2, 0.25) is 0 Å². The Morgan fingerprint density at radius 3 is 2.72 bits per heavy atom. The average molecular weight is 256 g/mol. The fourth-order valence-corrected chi connectivity index (χ4v) is 2.30. The zero-order chi connectivity index (χ0) is 13.2. The van der Waals surface area contributed by atoms with E-state index in [1.165, 1.54) is 45.2 Å². The highest BCUT2D eigenvalue weighted by atomic mass is 16.5. The maximum atomic E-state index is 5.65. The van der Waals surface area contributed by atoms with Crippen molar-refractivity contribution in [2.45, 2.75) is 52.0 Å². The van der Waals surface area contributed by atoms with Crippen molar-refractivity contribution in [1.82, 2.24) is 10.2 Å². The quantitative estimate of drug-likeness (QED) is 0.642. The van der Waals surface area contributed by atoms with Crippen LogP contribution in [0.5, 0.6) is 0 Å². The van der Waals surface area contributed by atoms with Gasteiger partial charge in [0.1, 0.15) is 0 Å². The molecule has 1 atom stereocenters. The molecule has 0 spiro atoms. The molecule has 0 aromatic heterocycles. The third-order valence-corrected chi connectivity index (χ3v) is 3.73. The van der Waals surface area contributed by atoms with Gasteiger partial charge in [0.25, 0.3) is 0 Å². The standard InChI is InChI=1S/C15H32N2O/c1-14(2)8-12-18-13-11-17(3)10-7-15-6-4-5-9-16-15/h14-16H,4-13H2,1-3H3. The molecule has 0 saturated carbocycles. The van der Waals surface area contributed by atoms with Crippen LogP contribution in [0.4, 0.5) is 0 Å². The van der Waals surface area contributed by atoms with Gasteiger partial charge in [-0.15, -0.1) is 0 Å². The predicted molar refractivity (Wildman–Crippen MR) is 78.0 cm³/mol. The van der Waals surface area contributed by atoms with E-state index in [-0.39, 0.29) is 0 Å². The molecule has 1 heterocycles. The summed E-state index contributed by atoms with van der Waals surface area (Å²) in [6.07, 6.45) is 6.58. The minimum atomic E-state index is 0.750. The second kappa shape index (κ2) is 9.76. The lowest BCUT2D eigenvalue weighted by molar-refractivity contribution is 0.102. The van der Waals surface area contributed by atoms with Crippen molar-refractivity contribution in [3.63, 3.8) is 0 Å². The molecule has 1 fully saturated rings. The van der Waals surface area contributed by atoms with Crippen LogP contribution in [0.1, 0.15) is 46.0 Å². The van der Waals surface area contributed by atoms with E-state index in [1.807, 2.05) is 0 Å². The third kappa shape index (κ3) is 8.06. The van der Waals surface area contributed by atoms with Gasteiger partial charge in [0.2, 0.25) is 0 Å². The van der Waals surface area contributed by atoms with Gasteiger partial charge in [-0.3, -0.25) is 0 Å². The number of nitrogens with one attached hydrogen (secondary N) is 1. The first-order valence-electron chi connectivity index (χ1n) is 7.68. The van der Waals surface area contributed by atoms with Crippen molar-refractivity contribution >= 4 is 0 Å². The van der Waals surface area contributed by atoms with Gasteiger partial charge in [-0.05, 0) is 51.7 Å². The van der Waals surface area contributed by atoms with Gasteiger partial charge in [0, 0.05) is 19.2 Å². The molecule has 3 heteroatoms. The van der Waals surface area contributed by atoms with E-state index >= 15 is 0 Å². The summed E-state index contributed by atoms with van der Waals surface area (Å²) in [5.41, 5.74) is 0. The van der Waals surface area contributed by atoms with Crippen molar-refractivity contribution in [1.29, 1.82) is 0 Å². The number of hydrogen-bond acceptors (Lipinski definition) is 3. The molecule has 1 aliphatic rings. The first-order valence-corrected chi connectivity index (χ1v) is 7.68. The fraction of sp³-hybridized carbons (Fsp3) is 1.00. The van der Waals surface area contributed by atoms with Crippen LogP contribution in [-0.2, 0) is 4.74 Å². The largest absolute Gasteiger partial charge is 0.380 e. The van der Waals surface area contributed by atoms with Crippen molar-refractivity contribution in [3.8, 4) is 0 Å². The van der Waals surface area contributed by atoms with Crippen molar-refractivity contribution in [3.05, 3.63) is 0 Å². The molecule has 0 bridgehead atoms. The summed E-state index contributed by atoms with van der Waals surface area (Å²) >= 11 is 0. The summed E-state index contributed by atoms with van der Waals surface area (Å²) < 4.78 is 5.65. The van der Waals surface area contributed by atoms with Gasteiger partial charge in [0.05, 0.1) is 6.61 Å². The first-order chi connectivity index (χ1) is 8.68. The normalized spacial score (nSPS) is 20.8. The predicted octanol–water partition coefficient (Wildman–Crippen LogP) is 2.51. The van der Waals surface area contributed by atoms with Gasteiger partial charge in [0.15, 0.2) is 0 Å². The number of likely N-dealkylation sites (N-methyl/N-ethyl adjacent to an activating group) is 1. The topological polar surface area (TPSA) is 24.5 Å². The van der Waals surface area contributed by atoms with E-state index in [0.717, 1.165) is 31.7 Å². The highest BCUT2D eigenvalue weighted by molar-refractivity contribution is 4.73. The number of nitrogens with zero attached hydrogens (tertiary/aromatic N) is 1. The molecule has 0 radical (unpaired) electrons. The Kier molecular flexibility index (Phi) is 8.64. The Bertz CT molecular complexity index is 191. The summed E-state index contributed by atoms with van der Waals surface area (Å²) in [5.74, 6) is 0.750. The van der Waals surface area contributed by atoms with Gasteiger partial charge in [-0.2, -0.15) is 0 Å². The average Bonchev–Trinajstić information content (AvgIpc) is 2.37. The Labute approximate surface area is 113 Å². The lowest BCUT2D eigenvalue weighted by Crippen LogP contribution is -2.37. The molecular weight excluding hydrogens is 224 g/mol. The summed E-state index contributed by atoms with van der Waals surface area (Å²) in [7, 11) is 2.20. The number of ether oxygens (including phenoxy) is 1. The third-order valence-electron chi connectivity index (χ3n) is 3.73. The Morgan fingerprint density at radius 2 is 2.06 bits per heavy atom. The van der Waals surface area contributed by atoms with Crippen LogP contribution in [0.3, 0.4) is 0 Å². The van der Waals surface area contributed by atoms with Crippen molar-refractivity contribution in [2.75, 3.05) is 39.9 Å². The van der Waals surface area contributed by atoms with Crippen LogP contribution in [0, 0.1) is 5.92 Å². The van der Waals surface area contributed by atoms with Crippen LogP contribution in [-0.4, -0.2) is 50.8 Å². The first kappa shape index (κ1) is 15.9. The van der Waals surface area contributed by atoms with Gasteiger partial charge in [-0.1, -0.05) is 20.3 Å². The molecule has 1 N–H and O–H groups in total. The highest BCUT2D eigenvalue weighted by Gasteiger charge is 2.12. The summed E-state index contributed by atoms with van der Waals surface area (Å²) in [4.78, 5) is 2.39. The minimum Gasteiger partial charge on any atom is -0.380 e. The molecule has 108 valence electrons. The molecular formula is C15H32N2O. The van der Waals surface area contributed by atoms with E-state index in [0.29, 0.717) is 0 Å². The Morgan fingerprint density at radius 1 is 1.22 bits per heavy atom. The van der Waals surface area contributed by atoms with Crippen LogP contribution in [0.15, 0.2) is 0 Å². The molecule has 1 unspecified atom stereocenters. The molecule has 3 nitrogen and oxygen atoms in total. The SMILES string of the molecule is CC(C)CCOCCN(C)CCC1CCCCN1. The maximum absolute atomic E-state index is 5.65. The van der Waals surface area contributed by atoms with Gasteiger partial charge in [-0.25, -0.2) is 0 Å². The van der Waals surface area contributed by atoms with E-state index in [2.05, 4.69) is 31.1 Å². The molecule has 0 aliphatic carbocycles. The summed E-state index contributed by atoms with van der Waals surface area (Å²) in [5, 5.41) is 3.61. The smallest absolute Gasteiger partial charge is 0.0593 e. The second-order valence-corrected chi connectivity index (χ2v) is 6.03. The Hall–Kier alpha value is -0.120. The maximum Gasteiger partial charge on any atom is 0.0593 e. The molecule has 1 aliphatic heterocycles. The van der Waals surface area contributed by atoms with E-state index < -0.39 is 0 Å². The van der Waals surface area contributed by atoms with Crippen LogP contribution >= 0.6 is 0 Å². The zero-order valence-corrected chi connectivity index (χ0v) is 12.6. The lowest BCUT2D eigenvalue weighted by atomic mass is 10.0. The molecule has 0 aromatic rings. The molecule has 1 rings (SSSR count). The summed E-state index contributed by atoms with van der Waals surface area (Å²) in [6.45, 7) is 9.74. The van der Waals surface area contributed by atoms with Gasteiger partial charge >= 0.3 is 0 Å². The zero-order valence-electron chi connectivity index (χ0n) is 12.6. The molecule has 0 amide bonds. The number of piperidine rings is 1. The molecule has 1 saturated heterocycles. The molecule has 0 aromatic carbocycles. The van der Waals surface area contributed by atoms with E-state index in [4.69, 9.17) is 4.74 Å². The Balaban J connectivity index is 1.91. The number of rotatable bonds is 9. The van der Waals surface area contributed by atoms with Crippen molar-refractivity contribution in [2.24, 2.45) is 5.92 Å². The number of hydrogen-bond donors (Lipinski definition) is 1. The minimum absolute atomic E-state index is 0.750. The monoisotopic (exact) mass is 256 g/mol. The molecule has 18 heavy (non-hydrogen) atoms. The highest BCUT2D eigenvalue weighted by Crippen LogP contribution is 2.10. The summed E-state index contributed by atoms with van der Waals surface area (Å²) in [6, 6.07) is 0.753. The van der Waals surface area contributed by atoms with Crippen LogP contribution < -0.4 is 5.32 Å². The van der Waals surface area contributed by atoms with Gasteiger partial charge < -0.3 is 15.0 Å². The fourth-order valence-electron chi connectivity index (χ4n) is 2.30. The lowest BCUT2D eigenvalue weighted by Gasteiger charge is -2.25. The second-order valence-electron chi connectivity index (χ2n) is 6.03. The van der Waals surface area contributed by atoms with Crippen LogP contribution in [0.25, 0.3) is 0 Å². The van der Waals surface area contributed by atoms with Crippen molar-refractivity contribution < 1.29 is 4.74 Å².